The van der Waals surface area contributed by atoms with Crippen molar-refractivity contribution in [3.05, 3.63) is 54.1 Å². The van der Waals surface area contributed by atoms with Gasteiger partial charge in [-0.15, -0.1) is 0 Å². The van der Waals surface area contributed by atoms with Gasteiger partial charge in [-0.25, -0.2) is 0 Å². The fourth-order valence-electron chi connectivity index (χ4n) is 2.60. The molecule has 0 aliphatic rings. The van der Waals surface area contributed by atoms with Gasteiger partial charge in [0.2, 0.25) is 0 Å². The highest BCUT2D eigenvalue weighted by Crippen LogP contribution is 2.18. The number of benzene rings is 2. The number of anilines is 1. The lowest BCUT2D eigenvalue weighted by Gasteiger charge is -2.09. The van der Waals surface area contributed by atoms with Crippen LogP contribution >= 0.6 is 0 Å². The van der Waals surface area contributed by atoms with Gasteiger partial charge in [0.15, 0.2) is 0 Å². The maximum absolute atomic E-state index is 12.3. The van der Waals surface area contributed by atoms with Crippen molar-refractivity contribution in [1.82, 2.24) is 0 Å². The summed E-state index contributed by atoms with van der Waals surface area (Å²) in [5.74, 6) is 1.46. The van der Waals surface area contributed by atoms with Gasteiger partial charge in [-0.1, -0.05) is 32.6 Å². The third kappa shape index (κ3) is 6.79. The van der Waals surface area contributed by atoms with Crippen LogP contribution in [-0.4, -0.2) is 19.1 Å². The molecule has 0 radical (unpaired) electrons. The second-order valence-electron chi connectivity index (χ2n) is 6.20. The maximum atomic E-state index is 12.3. The molecule has 0 aromatic heterocycles. The van der Waals surface area contributed by atoms with Crippen molar-refractivity contribution < 1.29 is 14.3 Å². The van der Waals surface area contributed by atoms with Gasteiger partial charge in [0.25, 0.3) is 5.91 Å². The molecule has 0 spiro atoms. The number of carbonyl (C=O) groups is 1. The van der Waals surface area contributed by atoms with Crippen molar-refractivity contribution in [2.24, 2.45) is 0 Å². The Morgan fingerprint density at radius 2 is 1.42 bits per heavy atom. The first-order chi connectivity index (χ1) is 12.7. The molecule has 0 aliphatic heterocycles. The summed E-state index contributed by atoms with van der Waals surface area (Å²) in [7, 11) is 0. The van der Waals surface area contributed by atoms with Crippen molar-refractivity contribution in [2.75, 3.05) is 18.5 Å². The highest BCUT2D eigenvalue weighted by molar-refractivity contribution is 6.04. The molecule has 0 atom stereocenters. The number of carbonyl (C=O) groups excluding carboxylic acids is 1. The number of hydrogen-bond acceptors (Lipinski definition) is 3. The number of amides is 1. The molecule has 0 bridgehead atoms. The van der Waals surface area contributed by atoms with Crippen LogP contribution < -0.4 is 14.8 Å². The Morgan fingerprint density at radius 3 is 2.08 bits per heavy atom. The van der Waals surface area contributed by atoms with Gasteiger partial charge in [0.1, 0.15) is 11.5 Å². The lowest BCUT2D eigenvalue weighted by Crippen LogP contribution is -2.11. The van der Waals surface area contributed by atoms with E-state index in [0.717, 1.165) is 30.2 Å². The zero-order chi connectivity index (χ0) is 18.6. The number of rotatable bonds is 11. The zero-order valence-corrected chi connectivity index (χ0v) is 15.8. The standard InChI is InChI=1S/C22H29NO3/c1-3-5-6-7-8-17-26-21-13-9-18(10-14-21)22(24)23-19-11-15-20(16-12-19)25-4-2/h9-16H,3-8,17H2,1-2H3,(H,23,24). The molecule has 0 heterocycles. The van der Waals surface area contributed by atoms with E-state index in [0.29, 0.717) is 12.2 Å². The molecule has 0 saturated heterocycles. The Hall–Kier alpha value is -2.49. The third-order valence-electron chi connectivity index (χ3n) is 4.06. The highest BCUT2D eigenvalue weighted by atomic mass is 16.5. The largest absolute Gasteiger partial charge is 0.494 e. The fraction of sp³-hybridized carbons (Fsp3) is 0.409. The Kier molecular flexibility index (Phi) is 8.53. The first-order valence-electron chi connectivity index (χ1n) is 9.50. The van der Waals surface area contributed by atoms with Gasteiger partial charge in [-0.3, -0.25) is 4.79 Å². The highest BCUT2D eigenvalue weighted by Gasteiger charge is 2.06. The molecular formula is C22H29NO3. The first-order valence-corrected chi connectivity index (χ1v) is 9.50. The monoisotopic (exact) mass is 355 g/mol. The summed E-state index contributed by atoms with van der Waals surface area (Å²) in [6, 6.07) is 14.6. The van der Waals surface area contributed by atoms with Crippen molar-refractivity contribution >= 4 is 11.6 Å². The van der Waals surface area contributed by atoms with Crippen molar-refractivity contribution in [3.8, 4) is 11.5 Å². The Labute approximate surface area is 156 Å². The van der Waals surface area contributed by atoms with Gasteiger partial charge in [-0.2, -0.15) is 0 Å². The van der Waals surface area contributed by atoms with E-state index in [1.54, 1.807) is 12.1 Å². The van der Waals surface area contributed by atoms with E-state index in [4.69, 9.17) is 9.47 Å². The maximum Gasteiger partial charge on any atom is 0.255 e. The van der Waals surface area contributed by atoms with Crippen LogP contribution in [0.3, 0.4) is 0 Å². The summed E-state index contributed by atoms with van der Waals surface area (Å²) >= 11 is 0. The molecule has 0 unspecified atom stereocenters. The minimum absolute atomic E-state index is 0.139. The number of nitrogens with one attached hydrogen (secondary N) is 1. The van der Waals surface area contributed by atoms with Gasteiger partial charge >= 0.3 is 0 Å². The van der Waals surface area contributed by atoms with E-state index < -0.39 is 0 Å². The minimum atomic E-state index is -0.139. The molecule has 0 fully saturated rings. The van der Waals surface area contributed by atoms with E-state index >= 15 is 0 Å². The van der Waals surface area contributed by atoms with Crippen LogP contribution in [0.4, 0.5) is 5.69 Å². The van der Waals surface area contributed by atoms with Crippen LogP contribution in [0, 0.1) is 0 Å². The predicted octanol–water partition coefficient (Wildman–Crippen LogP) is 5.69. The van der Waals surface area contributed by atoms with Gasteiger partial charge < -0.3 is 14.8 Å². The number of hydrogen-bond donors (Lipinski definition) is 1. The Morgan fingerprint density at radius 1 is 0.808 bits per heavy atom. The summed E-state index contributed by atoms with van der Waals surface area (Å²) in [4.78, 5) is 12.3. The molecule has 1 N–H and O–H groups in total. The van der Waals surface area contributed by atoms with Gasteiger partial charge in [-0.05, 0) is 61.9 Å². The van der Waals surface area contributed by atoms with Crippen molar-refractivity contribution in [1.29, 1.82) is 0 Å². The lowest BCUT2D eigenvalue weighted by molar-refractivity contribution is 0.102. The van der Waals surface area contributed by atoms with E-state index in [1.807, 2.05) is 43.3 Å². The summed E-state index contributed by atoms with van der Waals surface area (Å²) < 4.78 is 11.1. The zero-order valence-electron chi connectivity index (χ0n) is 15.8. The molecule has 2 aromatic carbocycles. The van der Waals surface area contributed by atoms with E-state index in [1.165, 1.54) is 25.7 Å². The van der Waals surface area contributed by atoms with Gasteiger partial charge in [0, 0.05) is 11.3 Å². The summed E-state index contributed by atoms with van der Waals surface area (Å²) in [5.41, 5.74) is 1.35. The lowest BCUT2D eigenvalue weighted by atomic mass is 10.1. The summed E-state index contributed by atoms with van der Waals surface area (Å²) in [6.07, 6.45) is 6.08. The molecule has 4 heteroatoms. The van der Waals surface area contributed by atoms with Crippen LogP contribution in [-0.2, 0) is 0 Å². The minimum Gasteiger partial charge on any atom is -0.494 e. The number of ether oxygens (including phenoxy) is 2. The van der Waals surface area contributed by atoms with Crippen LogP contribution in [0.15, 0.2) is 48.5 Å². The van der Waals surface area contributed by atoms with Gasteiger partial charge in [0.05, 0.1) is 13.2 Å². The quantitative estimate of drug-likeness (QED) is 0.527. The second-order valence-corrected chi connectivity index (χ2v) is 6.20. The Balaban J connectivity index is 1.78. The first kappa shape index (κ1) is 19.8. The number of unbranched alkanes of at least 4 members (excludes halogenated alkanes) is 4. The molecule has 26 heavy (non-hydrogen) atoms. The average Bonchev–Trinajstić information content (AvgIpc) is 2.67. The SMILES string of the molecule is CCCCCCCOc1ccc(C(=O)Nc2ccc(OCC)cc2)cc1. The molecule has 4 nitrogen and oxygen atoms in total. The van der Waals surface area contributed by atoms with Crippen LogP contribution in [0.2, 0.25) is 0 Å². The van der Waals surface area contributed by atoms with Crippen LogP contribution in [0.1, 0.15) is 56.3 Å². The van der Waals surface area contributed by atoms with Crippen LogP contribution in [0.25, 0.3) is 0 Å². The van der Waals surface area contributed by atoms with Crippen LogP contribution in [0.5, 0.6) is 11.5 Å². The molecule has 140 valence electrons. The molecule has 1 amide bonds. The fourth-order valence-corrected chi connectivity index (χ4v) is 2.60. The predicted molar refractivity (Wildman–Crippen MR) is 106 cm³/mol. The molecule has 0 saturated carbocycles. The third-order valence-corrected chi connectivity index (χ3v) is 4.06. The molecule has 0 aliphatic carbocycles. The topological polar surface area (TPSA) is 47.6 Å². The second kappa shape index (κ2) is 11.2. The molecule has 2 aromatic rings. The van der Waals surface area contributed by atoms with E-state index in [2.05, 4.69) is 12.2 Å². The van der Waals surface area contributed by atoms with E-state index in [-0.39, 0.29) is 5.91 Å². The summed E-state index contributed by atoms with van der Waals surface area (Å²) in [6.45, 7) is 5.50. The Bertz CT molecular complexity index is 650. The molecular weight excluding hydrogens is 326 g/mol. The van der Waals surface area contributed by atoms with Crippen molar-refractivity contribution in [2.45, 2.75) is 46.0 Å². The average molecular weight is 355 g/mol. The smallest absolute Gasteiger partial charge is 0.255 e. The summed E-state index contributed by atoms with van der Waals surface area (Å²) in [5, 5.41) is 2.88. The normalized spacial score (nSPS) is 10.4. The molecule has 2 rings (SSSR count). The van der Waals surface area contributed by atoms with Crippen molar-refractivity contribution in [3.63, 3.8) is 0 Å². The van der Waals surface area contributed by atoms with E-state index in [9.17, 15) is 4.79 Å².